The predicted molar refractivity (Wildman–Crippen MR) is 124 cm³/mol. The van der Waals surface area contributed by atoms with Gasteiger partial charge < -0.3 is 31.7 Å². The molecule has 0 aromatic rings. The van der Waals surface area contributed by atoms with Crippen molar-refractivity contribution in [1.29, 1.82) is 0 Å². The van der Waals surface area contributed by atoms with E-state index in [1.54, 1.807) is 0 Å². The summed E-state index contributed by atoms with van der Waals surface area (Å²) in [4.78, 5) is 46.0. The molecule has 0 aliphatic heterocycles. The Kier molecular flexibility index (Phi) is 18.0. The lowest BCUT2D eigenvalue weighted by atomic mass is 10.1. The number of hydrogen-bond acceptors (Lipinski definition) is 7. The Labute approximate surface area is 196 Å². The van der Waals surface area contributed by atoms with Gasteiger partial charge in [-0.25, -0.2) is 4.79 Å². The van der Waals surface area contributed by atoms with Gasteiger partial charge in [-0.15, -0.1) is 0 Å². The number of ether oxygens (including phenoxy) is 1. The highest BCUT2D eigenvalue weighted by Crippen LogP contribution is 2.10. The molecule has 0 rings (SSSR count). The van der Waals surface area contributed by atoms with Gasteiger partial charge in [-0.05, 0) is 32.1 Å². The molecule has 0 spiro atoms. The average Bonchev–Trinajstić information content (AvgIpc) is 2.77. The molecule has 0 saturated heterocycles. The SMILES string of the molecule is CCCCCCCCCCCOC(=O)[C@H](N)CCC(=O)NC(CCCC(N)C(=O)O)C(=O)O. The monoisotopic (exact) mass is 473 g/mol. The lowest BCUT2D eigenvalue weighted by Crippen LogP contribution is -2.42. The molecule has 192 valence electrons. The number of carboxylic acid groups (broad SMARTS) is 2. The average molecular weight is 474 g/mol. The molecular formula is C23H43N3O7. The van der Waals surface area contributed by atoms with E-state index in [-0.39, 0.29) is 32.1 Å². The van der Waals surface area contributed by atoms with Crippen LogP contribution in [0.4, 0.5) is 0 Å². The van der Waals surface area contributed by atoms with E-state index in [0.717, 1.165) is 19.3 Å². The smallest absolute Gasteiger partial charge is 0.326 e. The Balaban J connectivity index is 3.97. The van der Waals surface area contributed by atoms with E-state index in [0.29, 0.717) is 6.61 Å². The van der Waals surface area contributed by atoms with Crippen molar-refractivity contribution in [2.75, 3.05) is 6.61 Å². The van der Waals surface area contributed by atoms with Gasteiger partial charge in [0.25, 0.3) is 0 Å². The van der Waals surface area contributed by atoms with Crippen LogP contribution in [0, 0.1) is 0 Å². The van der Waals surface area contributed by atoms with Crippen molar-refractivity contribution in [3.05, 3.63) is 0 Å². The van der Waals surface area contributed by atoms with Crippen LogP contribution in [-0.4, -0.2) is 58.8 Å². The summed E-state index contributed by atoms with van der Waals surface area (Å²) in [6.45, 7) is 2.50. The molecule has 10 nitrogen and oxygen atoms in total. The molecule has 0 heterocycles. The number of carbonyl (C=O) groups excluding carboxylic acids is 2. The van der Waals surface area contributed by atoms with Crippen molar-refractivity contribution < 1.29 is 34.1 Å². The molecule has 2 unspecified atom stereocenters. The summed E-state index contributed by atoms with van der Waals surface area (Å²) < 4.78 is 5.16. The van der Waals surface area contributed by atoms with Gasteiger partial charge in [0.05, 0.1) is 6.61 Å². The molecular weight excluding hydrogens is 430 g/mol. The van der Waals surface area contributed by atoms with Gasteiger partial charge in [-0.1, -0.05) is 58.3 Å². The van der Waals surface area contributed by atoms with Crippen LogP contribution >= 0.6 is 0 Å². The quantitative estimate of drug-likeness (QED) is 0.123. The molecule has 0 fully saturated rings. The molecule has 33 heavy (non-hydrogen) atoms. The van der Waals surface area contributed by atoms with E-state index in [2.05, 4.69) is 12.2 Å². The van der Waals surface area contributed by atoms with Crippen LogP contribution in [0.2, 0.25) is 0 Å². The van der Waals surface area contributed by atoms with Crippen LogP contribution in [0.15, 0.2) is 0 Å². The van der Waals surface area contributed by atoms with E-state index in [4.69, 9.17) is 21.3 Å². The Bertz CT molecular complexity index is 586. The number of carboxylic acids is 2. The molecule has 0 bridgehead atoms. The van der Waals surface area contributed by atoms with Crippen molar-refractivity contribution in [2.45, 2.75) is 115 Å². The zero-order valence-corrected chi connectivity index (χ0v) is 19.9. The van der Waals surface area contributed by atoms with Crippen molar-refractivity contribution in [3.8, 4) is 0 Å². The fourth-order valence-electron chi connectivity index (χ4n) is 3.29. The third-order valence-electron chi connectivity index (χ3n) is 5.44. The maximum Gasteiger partial charge on any atom is 0.326 e. The van der Waals surface area contributed by atoms with E-state index in [1.165, 1.54) is 38.5 Å². The molecule has 0 aliphatic rings. The first kappa shape index (κ1) is 30.8. The van der Waals surface area contributed by atoms with Crippen molar-refractivity contribution in [3.63, 3.8) is 0 Å². The highest BCUT2D eigenvalue weighted by Gasteiger charge is 2.22. The number of esters is 1. The predicted octanol–water partition coefficient (Wildman–Crippen LogP) is 2.32. The summed E-state index contributed by atoms with van der Waals surface area (Å²) in [5.41, 5.74) is 11.2. The second-order valence-electron chi connectivity index (χ2n) is 8.48. The van der Waals surface area contributed by atoms with Crippen LogP contribution < -0.4 is 16.8 Å². The minimum Gasteiger partial charge on any atom is -0.480 e. The van der Waals surface area contributed by atoms with Crippen LogP contribution in [0.5, 0.6) is 0 Å². The van der Waals surface area contributed by atoms with Crippen molar-refractivity contribution in [1.82, 2.24) is 5.32 Å². The van der Waals surface area contributed by atoms with E-state index in [1.807, 2.05) is 0 Å². The minimum atomic E-state index is -1.23. The molecule has 0 aliphatic carbocycles. The van der Waals surface area contributed by atoms with E-state index < -0.39 is 41.9 Å². The Morgan fingerprint density at radius 1 is 0.758 bits per heavy atom. The lowest BCUT2D eigenvalue weighted by Gasteiger charge is -2.16. The summed E-state index contributed by atoms with van der Waals surface area (Å²) in [5, 5.41) is 20.3. The number of nitrogens with one attached hydrogen (secondary N) is 1. The maximum atomic E-state index is 12.0. The second kappa shape index (κ2) is 19.3. The van der Waals surface area contributed by atoms with Gasteiger partial charge in [0, 0.05) is 6.42 Å². The van der Waals surface area contributed by atoms with Crippen molar-refractivity contribution >= 4 is 23.8 Å². The van der Waals surface area contributed by atoms with Gasteiger partial charge in [-0.3, -0.25) is 14.4 Å². The fourth-order valence-corrected chi connectivity index (χ4v) is 3.29. The van der Waals surface area contributed by atoms with Crippen LogP contribution in [0.3, 0.4) is 0 Å². The van der Waals surface area contributed by atoms with Crippen LogP contribution in [-0.2, 0) is 23.9 Å². The lowest BCUT2D eigenvalue weighted by molar-refractivity contribution is -0.146. The van der Waals surface area contributed by atoms with Crippen LogP contribution in [0.1, 0.15) is 96.8 Å². The van der Waals surface area contributed by atoms with Crippen molar-refractivity contribution in [2.24, 2.45) is 11.5 Å². The third-order valence-corrected chi connectivity index (χ3v) is 5.44. The summed E-state index contributed by atoms with van der Waals surface area (Å²) in [6.07, 6.45) is 10.7. The van der Waals surface area contributed by atoms with Crippen LogP contribution in [0.25, 0.3) is 0 Å². The molecule has 0 radical (unpaired) electrons. The van der Waals surface area contributed by atoms with E-state index in [9.17, 15) is 24.3 Å². The maximum absolute atomic E-state index is 12.0. The first-order valence-corrected chi connectivity index (χ1v) is 12.1. The number of amides is 1. The molecule has 0 saturated carbocycles. The highest BCUT2D eigenvalue weighted by atomic mass is 16.5. The standard InChI is InChI=1S/C23H43N3O7/c1-2-3-4-5-6-7-8-9-10-16-33-23(32)18(25)14-15-20(27)26-19(22(30)31)13-11-12-17(24)21(28)29/h17-19H,2-16,24-25H2,1H3,(H,26,27)(H,28,29)(H,30,31)/t17?,18-,19?/m1/s1. The van der Waals surface area contributed by atoms with Gasteiger partial charge in [0.15, 0.2) is 0 Å². The summed E-state index contributed by atoms with van der Waals surface area (Å²) in [5.74, 6) is -3.51. The minimum absolute atomic E-state index is 0.0403. The Hall–Kier alpha value is -2.20. The number of carbonyl (C=O) groups is 4. The van der Waals surface area contributed by atoms with Gasteiger partial charge in [-0.2, -0.15) is 0 Å². The molecule has 1 amide bonds. The highest BCUT2D eigenvalue weighted by molar-refractivity contribution is 5.84. The fraction of sp³-hybridized carbons (Fsp3) is 0.826. The van der Waals surface area contributed by atoms with Gasteiger partial charge >= 0.3 is 17.9 Å². The Morgan fingerprint density at radius 2 is 1.33 bits per heavy atom. The second-order valence-corrected chi connectivity index (χ2v) is 8.48. The largest absolute Gasteiger partial charge is 0.480 e. The molecule has 0 aromatic carbocycles. The summed E-state index contributed by atoms with van der Waals surface area (Å²) in [6, 6.07) is -3.19. The molecule has 3 atom stereocenters. The first-order valence-electron chi connectivity index (χ1n) is 12.1. The van der Waals surface area contributed by atoms with E-state index >= 15 is 0 Å². The number of hydrogen-bond donors (Lipinski definition) is 5. The normalized spacial score (nSPS) is 13.7. The molecule has 10 heteroatoms. The number of aliphatic carboxylic acids is 2. The summed E-state index contributed by atoms with van der Waals surface area (Å²) in [7, 11) is 0. The van der Waals surface area contributed by atoms with Gasteiger partial charge in [0.1, 0.15) is 18.1 Å². The zero-order chi connectivity index (χ0) is 25.1. The number of rotatable bonds is 21. The Morgan fingerprint density at radius 3 is 1.88 bits per heavy atom. The molecule has 0 aromatic heterocycles. The number of nitrogens with two attached hydrogens (primary N) is 2. The summed E-state index contributed by atoms with van der Waals surface area (Å²) >= 11 is 0. The third kappa shape index (κ3) is 17.0. The molecule has 7 N–H and O–H groups in total. The number of unbranched alkanes of at least 4 members (excludes halogenated alkanes) is 8. The topological polar surface area (TPSA) is 182 Å². The van der Waals surface area contributed by atoms with Gasteiger partial charge in [0.2, 0.25) is 5.91 Å². The first-order chi connectivity index (χ1) is 15.7. The zero-order valence-electron chi connectivity index (χ0n) is 19.9.